The van der Waals surface area contributed by atoms with Gasteiger partial charge in [0.2, 0.25) is 5.88 Å². The van der Waals surface area contributed by atoms with Crippen LogP contribution in [0.4, 0.5) is 0 Å². The van der Waals surface area contributed by atoms with E-state index in [0.717, 1.165) is 48.6 Å². The zero-order chi connectivity index (χ0) is 26.6. The molecule has 8 heteroatoms. The predicted molar refractivity (Wildman–Crippen MR) is 148 cm³/mol. The molecule has 4 aromatic rings. The van der Waals surface area contributed by atoms with Crippen molar-refractivity contribution in [3.8, 4) is 39.8 Å². The molecule has 1 aromatic carbocycles. The molecule has 0 bridgehead atoms. The number of methoxy groups -OCH3 is 1. The summed E-state index contributed by atoms with van der Waals surface area (Å²) in [6, 6.07) is 17.8. The van der Waals surface area contributed by atoms with E-state index in [-0.39, 0.29) is 5.91 Å². The van der Waals surface area contributed by atoms with Crippen molar-refractivity contribution in [3.05, 3.63) is 78.2 Å². The van der Waals surface area contributed by atoms with E-state index in [2.05, 4.69) is 33.7 Å². The molecule has 1 fully saturated rings. The third-order valence-corrected chi connectivity index (χ3v) is 6.86. The Morgan fingerprint density at radius 1 is 0.842 bits per heavy atom. The highest BCUT2D eigenvalue weighted by molar-refractivity contribution is 5.94. The number of amides is 1. The van der Waals surface area contributed by atoms with Gasteiger partial charge in [0, 0.05) is 73.1 Å². The van der Waals surface area contributed by atoms with E-state index in [1.54, 1.807) is 19.4 Å². The van der Waals surface area contributed by atoms with Crippen LogP contribution in [0.2, 0.25) is 0 Å². The van der Waals surface area contributed by atoms with E-state index in [1.807, 2.05) is 66.6 Å². The molecule has 1 aliphatic rings. The fourth-order valence-corrected chi connectivity index (χ4v) is 4.63. The lowest BCUT2D eigenvalue weighted by atomic mass is 10.0. The maximum Gasteiger partial charge on any atom is 0.253 e. The van der Waals surface area contributed by atoms with Crippen LogP contribution in [0, 0.1) is 6.92 Å². The quantitative estimate of drug-likeness (QED) is 0.372. The Balaban J connectivity index is 1.37. The van der Waals surface area contributed by atoms with E-state index in [4.69, 9.17) is 9.72 Å². The van der Waals surface area contributed by atoms with Gasteiger partial charge in [0.05, 0.1) is 12.8 Å². The minimum atomic E-state index is 0.0807. The van der Waals surface area contributed by atoms with Gasteiger partial charge in [0.25, 0.3) is 5.91 Å². The van der Waals surface area contributed by atoms with Crippen LogP contribution in [0.15, 0.2) is 67.0 Å². The normalized spacial score (nSPS) is 14.1. The van der Waals surface area contributed by atoms with Crippen LogP contribution >= 0.6 is 0 Å². The molecule has 0 aliphatic carbocycles. The molecular formula is C30H32N6O2. The molecule has 1 aliphatic heterocycles. The van der Waals surface area contributed by atoms with Crippen LogP contribution in [0.1, 0.15) is 29.9 Å². The van der Waals surface area contributed by atoms with Gasteiger partial charge in [-0.25, -0.2) is 9.97 Å². The van der Waals surface area contributed by atoms with Crippen molar-refractivity contribution in [2.45, 2.75) is 26.8 Å². The number of carbonyl (C=O) groups is 1. The first-order chi connectivity index (χ1) is 18.4. The summed E-state index contributed by atoms with van der Waals surface area (Å²) in [5.41, 5.74) is 5.70. The van der Waals surface area contributed by atoms with Crippen LogP contribution in [0.5, 0.6) is 5.88 Å². The fourth-order valence-electron chi connectivity index (χ4n) is 4.63. The summed E-state index contributed by atoms with van der Waals surface area (Å²) in [6.45, 7) is 9.66. The van der Waals surface area contributed by atoms with E-state index < -0.39 is 0 Å². The zero-order valence-corrected chi connectivity index (χ0v) is 22.3. The van der Waals surface area contributed by atoms with E-state index in [9.17, 15) is 4.79 Å². The molecule has 1 amide bonds. The van der Waals surface area contributed by atoms with Gasteiger partial charge in [-0.1, -0.05) is 18.2 Å². The molecule has 0 atom stereocenters. The second kappa shape index (κ2) is 11.1. The number of hydrogen-bond donors (Lipinski definition) is 0. The number of nitrogens with zero attached hydrogens (tertiary/aromatic N) is 6. The van der Waals surface area contributed by atoms with Crippen LogP contribution in [0.25, 0.3) is 33.9 Å². The monoisotopic (exact) mass is 508 g/mol. The number of aromatic nitrogens is 4. The average Bonchev–Trinajstić information content (AvgIpc) is 2.96. The second-order valence-electron chi connectivity index (χ2n) is 9.74. The van der Waals surface area contributed by atoms with E-state index >= 15 is 0 Å². The molecule has 194 valence electrons. The number of aryl methyl sites for hydroxylation is 1. The standard InChI is InChI=1S/C30H32N6O2/c1-20(2)35-12-14-36(15-13-35)30(37)23-10-8-22(9-11-23)24-16-25(19-31-18-24)27-17-28(38-4)34-29(33-27)26-7-5-6-21(3)32-26/h5-11,16-20H,12-15H2,1-4H3. The van der Waals surface area contributed by atoms with Gasteiger partial charge in [-0.2, -0.15) is 4.98 Å². The van der Waals surface area contributed by atoms with Crippen molar-refractivity contribution in [2.24, 2.45) is 0 Å². The van der Waals surface area contributed by atoms with Gasteiger partial charge < -0.3 is 9.64 Å². The first-order valence-electron chi connectivity index (χ1n) is 12.9. The Morgan fingerprint density at radius 2 is 1.58 bits per heavy atom. The Morgan fingerprint density at radius 3 is 2.26 bits per heavy atom. The van der Waals surface area contributed by atoms with Crippen LogP contribution in [-0.2, 0) is 0 Å². The third kappa shape index (κ3) is 5.55. The highest BCUT2D eigenvalue weighted by Crippen LogP contribution is 2.28. The van der Waals surface area contributed by atoms with Crippen molar-refractivity contribution in [1.29, 1.82) is 0 Å². The number of hydrogen-bond acceptors (Lipinski definition) is 7. The Bertz CT molecular complexity index is 1430. The number of pyridine rings is 2. The van der Waals surface area contributed by atoms with Crippen LogP contribution < -0.4 is 4.74 Å². The number of ether oxygens (including phenoxy) is 1. The summed E-state index contributed by atoms with van der Waals surface area (Å²) in [4.78, 5) is 35.7. The molecule has 3 aromatic heterocycles. The molecule has 0 radical (unpaired) electrons. The topological polar surface area (TPSA) is 84.3 Å². The highest BCUT2D eigenvalue weighted by Gasteiger charge is 2.23. The van der Waals surface area contributed by atoms with Crippen molar-refractivity contribution in [1.82, 2.24) is 29.7 Å². The van der Waals surface area contributed by atoms with Gasteiger partial charge in [0.1, 0.15) is 5.69 Å². The predicted octanol–water partition coefficient (Wildman–Crippen LogP) is 4.75. The molecule has 5 rings (SSSR count). The van der Waals surface area contributed by atoms with Gasteiger partial charge >= 0.3 is 0 Å². The Labute approximate surface area is 223 Å². The first kappa shape index (κ1) is 25.5. The molecule has 1 saturated heterocycles. The van der Waals surface area contributed by atoms with E-state index in [1.165, 1.54) is 0 Å². The van der Waals surface area contributed by atoms with Crippen molar-refractivity contribution < 1.29 is 9.53 Å². The minimum Gasteiger partial charge on any atom is -0.481 e. The molecule has 4 heterocycles. The second-order valence-corrected chi connectivity index (χ2v) is 9.74. The maximum absolute atomic E-state index is 13.1. The zero-order valence-electron chi connectivity index (χ0n) is 22.3. The molecule has 0 N–H and O–H groups in total. The van der Waals surface area contributed by atoms with Crippen LogP contribution in [0.3, 0.4) is 0 Å². The molecule has 0 spiro atoms. The summed E-state index contributed by atoms with van der Waals surface area (Å²) in [5, 5.41) is 0. The summed E-state index contributed by atoms with van der Waals surface area (Å²) in [6.07, 6.45) is 3.58. The largest absolute Gasteiger partial charge is 0.481 e. The smallest absolute Gasteiger partial charge is 0.253 e. The average molecular weight is 509 g/mol. The molecule has 0 saturated carbocycles. The lowest BCUT2D eigenvalue weighted by Gasteiger charge is -2.37. The van der Waals surface area contributed by atoms with Crippen LogP contribution in [-0.4, -0.2) is 75.0 Å². The lowest BCUT2D eigenvalue weighted by Crippen LogP contribution is -2.50. The number of carbonyl (C=O) groups excluding carboxylic acids is 1. The summed E-state index contributed by atoms with van der Waals surface area (Å²) in [5.74, 6) is 1.03. The molecule has 38 heavy (non-hydrogen) atoms. The van der Waals surface area contributed by atoms with Gasteiger partial charge in [-0.3, -0.25) is 14.7 Å². The van der Waals surface area contributed by atoms with E-state index in [0.29, 0.717) is 34.7 Å². The third-order valence-electron chi connectivity index (χ3n) is 6.86. The maximum atomic E-state index is 13.1. The summed E-state index contributed by atoms with van der Waals surface area (Å²) >= 11 is 0. The minimum absolute atomic E-state index is 0.0807. The van der Waals surface area contributed by atoms with Gasteiger partial charge in [-0.05, 0) is 56.7 Å². The highest BCUT2D eigenvalue weighted by atomic mass is 16.5. The molecule has 8 nitrogen and oxygen atoms in total. The fraction of sp³-hybridized carbons (Fsp3) is 0.300. The van der Waals surface area contributed by atoms with Gasteiger partial charge in [0.15, 0.2) is 5.82 Å². The van der Waals surface area contributed by atoms with Crippen molar-refractivity contribution in [3.63, 3.8) is 0 Å². The number of rotatable bonds is 6. The summed E-state index contributed by atoms with van der Waals surface area (Å²) < 4.78 is 5.45. The van der Waals surface area contributed by atoms with Crippen molar-refractivity contribution >= 4 is 5.91 Å². The Hall–Kier alpha value is -4.17. The molecule has 0 unspecified atom stereocenters. The van der Waals surface area contributed by atoms with Gasteiger partial charge in [-0.15, -0.1) is 0 Å². The van der Waals surface area contributed by atoms with Crippen molar-refractivity contribution in [2.75, 3.05) is 33.3 Å². The number of piperazine rings is 1. The first-order valence-corrected chi connectivity index (χ1v) is 12.9. The Kier molecular flexibility index (Phi) is 7.42. The summed E-state index contributed by atoms with van der Waals surface area (Å²) in [7, 11) is 1.58. The lowest BCUT2D eigenvalue weighted by molar-refractivity contribution is 0.0595. The number of benzene rings is 1. The SMILES string of the molecule is COc1cc(-c2cncc(-c3ccc(C(=O)N4CCN(C(C)C)CC4)cc3)c2)nc(-c2cccc(C)n2)n1. The molecular weight excluding hydrogens is 476 g/mol.